The zero-order chi connectivity index (χ0) is 29.7. The van der Waals surface area contributed by atoms with E-state index in [0.717, 1.165) is 12.8 Å². The number of rotatable bonds is 36. The quantitative estimate of drug-likeness (QED) is 0.0546. The monoisotopic (exact) mass is 579 g/mol. The van der Waals surface area contributed by atoms with Crippen LogP contribution in [0.4, 0.5) is 0 Å². The number of esters is 1. The van der Waals surface area contributed by atoms with Crippen molar-refractivity contribution in [2.24, 2.45) is 0 Å². The molecule has 0 bridgehead atoms. The van der Waals surface area contributed by atoms with E-state index >= 15 is 0 Å². The largest absolute Gasteiger partial charge is 0.466 e. The molecule has 0 rings (SSSR count). The van der Waals surface area contributed by atoms with Crippen LogP contribution in [-0.4, -0.2) is 12.6 Å². The Morgan fingerprint density at radius 3 is 0.805 bits per heavy atom. The molecule has 0 N–H and O–H groups in total. The van der Waals surface area contributed by atoms with Crippen LogP contribution in [0.3, 0.4) is 0 Å². The van der Waals surface area contributed by atoms with Crippen LogP contribution in [0, 0.1) is 0 Å². The van der Waals surface area contributed by atoms with Gasteiger partial charge in [-0.05, 0) is 12.8 Å². The Hall–Kier alpha value is -0.530. The second kappa shape index (κ2) is 37.5. The Labute approximate surface area is 260 Å². The lowest BCUT2D eigenvalue weighted by atomic mass is 10.0. The first kappa shape index (κ1) is 40.5. The standard InChI is InChI=1S/C39H78O2/c1-3-5-7-9-11-13-15-17-18-19-20-21-22-23-24-25-26-27-29-31-33-35-37-39(40)41-38-36-34-32-30-28-16-14-12-10-8-6-4-2/h3-38H2,1-2H3. The number of ether oxygens (including phenoxy) is 1. The van der Waals surface area contributed by atoms with Crippen molar-refractivity contribution < 1.29 is 9.53 Å². The molecule has 0 fully saturated rings. The fraction of sp³-hybridized carbons (Fsp3) is 0.974. The van der Waals surface area contributed by atoms with Gasteiger partial charge in [0.15, 0.2) is 0 Å². The summed E-state index contributed by atoms with van der Waals surface area (Å²) >= 11 is 0. The van der Waals surface area contributed by atoms with Crippen molar-refractivity contribution in [3.8, 4) is 0 Å². The first-order valence-corrected chi connectivity index (χ1v) is 19.5. The second-order valence-corrected chi connectivity index (χ2v) is 13.3. The minimum absolute atomic E-state index is 0.0289. The maximum absolute atomic E-state index is 11.9. The Morgan fingerprint density at radius 1 is 0.317 bits per heavy atom. The highest BCUT2D eigenvalue weighted by atomic mass is 16.5. The molecule has 0 aromatic heterocycles. The molecule has 0 aliphatic heterocycles. The summed E-state index contributed by atoms with van der Waals surface area (Å²) in [5.41, 5.74) is 0. The molecule has 41 heavy (non-hydrogen) atoms. The third kappa shape index (κ3) is 37.4. The molecular weight excluding hydrogens is 500 g/mol. The van der Waals surface area contributed by atoms with Crippen LogP contribution in [0.1, 0.15) is 239 Å². The molecule has 2 heteroatoms. The highest BCUT2D eigenvalue weighted by Crippen LogP contribution is 2.16. The minimum atomic E-state index is 0.0289. The molecular formula is C39H78O2. The van der Waals surface area contributed by atoms with Crippen molar-refractivity contribution in [3.05, 3.63) is 0 Å². The Bertz CT molecular complexity index is 474. The molecule has 0 aliphatic carbocycles. The van der Waals surface area contributed by atoms with Crippen molar-refractivity contribution >= 4 is 5.97 Å². The van der Waals surface area contributed by atoms with Gasteiger partial charge in [-0.25, -0.2) is 0 Å². The fourth-order valence-electron chi connectivity index (χ4n) is 6.08. The SMILES string of the molecule is CCCCCCCCCCCCCCCCCCCCCCCCC(=O)OCCCCCCCCCCCCCC. The second-order valence-electron chi connectivity index (χ2n) is 13.3. The molecule has 0 aromatic carbocycles. The predicted octanol–water partition coefficient (Wildman–Crippen LogP) is 14.2. The maximum atomic E-state index is 11.9. The fourth-order valence-corrected chi connectivity index (χ4v) is 6.08. The molecule has 0 saturated carbocycles. The van der Waals surface area contributed by atoms with Crippen molar-refractivity contribution in [1.82, 2.24) is 0 Å². The summed E-state index contributed by atoms with van der Waals surface area (Å²) in [6.07, 6.45) is 47.5. The van der Waals surface area contributed by atoms with Crippen LogP contribution in [0.5, 0.6) is 0 Å². The summed E-state index contributed by atoms with van der Waals surface area (Å²) in [6.45, 7) is 5.22. The molecule has 0 radical (unpaired) electrons. The summed E-state index contributed by atoms with van der Waals surface area (Å²) < 4.78 is 5.44. The lowest BCUT2D eigenvalue weighted by Gasteiger charge is -2.06. The highest BCUT2D eigenvalue weighted by molar-refractivity contribution is 5.69. The van der Waals surface area contributed by atoms with E-state index in [4.69, 9.17) is 4.74 Å². The molecule has 0 atom stereocenters. The van der Waals surface area contributed by atoms with Gasteiger partial charge in [-0.15, -0.1) is 0 Å². The highest BCUT2D eigenvalue weighted by Gasteiger charge is 2.03. The van der Waals surface area contributed by atoms with Crippen LogP contribution in [0.25, 0.3) is 0 Å². The topological polar surface area (TPSA) is 26.3 Å². The van der Waals surface area contributed by atoms with E-state index in [9.17, 15) is 4.79 Å². The predicted molar refractivity (Wildman–Crippen MR) is 184 cm³/mol. The van der Waals surface area contributed by atoms with Crippen molar-refractivity contribution in [2.75, 3.05) is 6.61 Å². The van der Waals surface area contributed by atoms with E-state index in [1.807, 2.05) is 0 Å². The maximum Gasteiger partial charge on any atom is 0.305 e. The molecule has 0 heterocycles. The molecule has 0 aromatic rings. The van der Waals surface area contributed by atoms with Gasteiger partial charge in [0.1, 0.15) is 0 Å². The van der Waals surface area contributed by atoms with Crippen LogP contribution >= 0.6 is 0 Å². The van der Waals surface area contributed by atoms with Crippen LogP contribution < -0.4 is 0 Å². The number of hydrogen-bond acceptors (Lipinski definition) is 2. The van der Waals surface area contributed by atoms with Gasteiger partial charge in [0.2, 0.25) is 0 Å². The lowest BCUT2D eigenvalue weighted by molar-refractivity contribution is -0.143. The Kier molecular flexibility index (Phi) is 37.0. The summed E-state index contributed by atoms with van der Waals surface area (Å²) in [7, 11) is 0. The Morgan fingerprint density at radius 2 is 0.537 bits per heavy atom. The summed E-state index contributed by atoms with van der Waals surface area (Å²) in [4.78, 5) is 11.9. The van der Waals surface area contributed by atoms with Gasteiger partial charge in [-0.3, -0.25) is 4.79 Å². The van der Waals surface area contributed by atoms with Crippen molar-refractivity contribution in [1.29, 1.82) is 0 Å². The first-order chi connectivity index (χ1) is 20.3. The van der Waals surface area contributed by atoms with Gasteiger partial charge in [0.05, 0.1) is 6.61 Å². The molecule has 0 saturated heterocycles. The number of carbonyl (C=O) groups excluding carboxylic acids is 1. The van der Waals surface area contributed by atoms with Crippen molar-refractivity contribution in [3.63, 3.8) is 0 Å². The van der Waals surface area contributed by atoms with E-state index < -0.39 is 0 Å². The average Bonchev–Trinajstić information content (AvgIpc) is 2.98. The Balaban J connectivity index is 3.13. The minimum Gasteiger partial charge on any atom is -0.466 e. The van der Waals surface area contributed by atoms with E-state index in [-0.39, 0.29) is 5.97 Å². The van der Waals surface area contributed by atoms with E-state index in [1.54, 1.807) is 0 Å². The first-order valence-electron chi connectivity index (χ1n) is 19.5. The van der Waals surface area contributed by atoms with Crippen LogP contribution in [0.15, 0.2) is 0 Å². The van der Waals surface area contributed by atoms with Gasteiger partial charge >= 0.3 is 5.97 Å². The number of unbranched alkanes of at least 4 members (excludes halogenated alkanes) is 32. The zero-order valence-corrected chi connectivity index (χ0v) is 28.8. The van der Waals surface area contributed by atoms with Gasteiger partial charge in [0, 0.05) is 6.42 Å². The molecule has 2 nitrogen and oxygen atoms in total. The lowest BCUT2D eigenvalue weighted by Crippen LogP contribution is -2.05. The molecule has 246 valence electrons. The molecule has 0 unspecified atom stereocenters. The van der Waals surface area contributed by atoms with Crippen molar-refractivity contribution in [2.45, 2.75) is 239 Å². The zero-order valence-electron chi connectivity index (χ0n) is 28.8. The van der Waals surface area contributed by atoms with Crippen LogP contribution in [-0.2, 0) is 9.53 Å². The smallest absolute Gasteiger partial charge is 0.305 e. The molecule has 0 spiro atoms. The summed E-state index contributed by atoms with van der Waals surface area (Å²) in [5.74, 6) is 0.0289. The average molecular weight is 579 g/mol. The number of carbonyl (C=O) groups is 1. The third-order valence-corrected chi connectivity index (χ3v) is 9.00. The number of hydrogen-bond donors (Lipinski definition) is 0. The van der Waals surface area contributed by atoms with E-state index in [1.165, 1.54) is 205 Å². The summed E-state index contributed by atoms with van der Waals surface area (Å²) in [5, 5.41) is 0. The summed E-state index contributed by atoms with van der Waals surface area (Å²) in [6, 6.07) is 0. The van der Waals surface area contributed by atoms with Gasteiger partial charge in [0.25, 0.3) is 0 Å². The van der Waals surface area contributed by atoms with E-state index in [0.29, 0.717) is 13.0 Å². The normalized spacial score (nSPS) is 11.4. The molecule has 0 amide bonds. The van der Waals surface area contributed by atoms with Gasteiger partial charge < -0.3 is 4.74 Å². The van der Waals surface area contributed by atoms with Crippen LogP contribution in [0.2, 0.25) is 0 Å². The molecule has 0 aliphatic rings. The van der Waals surface area contributed by atoms with E-state index in [2.05, 4.69) is 13.8 Å². The van der Waals surface area contributed by atoms with Gasteiger partial charge in [-0.2, -0.15) is 0 Å². The van der Waals surface area contributed by atoms with Gasteiger partial charge in [-0.1, -0.05) is 219 Å². The third-order valence-electron chi connectivity index (χ3n) is 9.00.